The van der Waals surface area contributed by atoms with Crippen LogP contribution in [-0.4, -0.2) is 13.2 Å². The lowest BCUT2D eigenvalue weighted by molar-refractivity contribution is -0.143. The Bertz CT molecular complexity index is 103. The van der Waals surface area contributed by atoms with Crippen molar-refractivity contribution in [2.24, 2.45) is 11.3 Å². The summed E-state index contributed by atoms with van der Waals surface area (Å²) in [6.07, 6.45) is 2.63. The second kappa shape index (κ2) is 2.91. The highest BCUT2D eigenvalue weighted by Crippen LogP contribution is 2.39. The molecule has 0 amide bonds. The van der Waals surface area contributed by atoms with Crippen molar-refractivity contribution < 1.29 is 4.74 Å². The second-order valence-electron chi connectivity index (χ2n) is 3.76. The van der Waals surface area contributed by atoms with Crippen LogP contribution in [0.25, 0.3) is 0 Å². The van der Waals surface area contributed by atoms with Crippen LogP contribution in [0.15, 0.2) is 0 Å². The standard InChI is InChI=1S/C9H18O/c1-4-5-9(8(2)3)6-10-7-9/h8H,4-7H2,1-3H3. The average Bonchev–Trinajstić information content (AvgIpc) is 1.77. The normalized spacial score (nSPS) is 22.8. The van der Waals surface area contributed by atoms with E-state index in [1.165, 1.54) is 12.8 Å². The van der Waals surface area contributed by atoms with Gasteiger partial charge in [-0.05, 0) is 12.3 Å². The molecule has 0 aromatic heterocycles. The molecule has 1 nitrogen and oxygen atoms in total. The molecule has 1 rings (SSSR count). The molecule has 0 N–H and O–H groups in total. The fourth-order valence-electron chi connectivity index (χ4n) is 1.63. The number of rotatable bonds is 3. The largest absolute Gasteiger partial charge is 0.380 e. The molecule has 0 aromatic carbocycles. The summed E-state index contributed by atoms with van der Waals surface area (Å²) in [5, 5.41) is 0. The third-order valence-electron chi connectivity index (χ3n) is 2.75. The minimum atomic E-state index is 0.550. The fraction of sp³-hybridized carbons (Fsp3) is 1.00. The quantitative estimate of drug-likeness (QED) is 0.588. The number of ether oxygens (including phenoxy) is 1. The number of hydrogen-bond acceptors (Lipinski definition) is 1. The SMILES string of the molecule is CCCC1(C(C)C)COC1. The van der Waals surface area contributed by atoms with E-state index in [1.807, 2.05) is 0 Å². The van der Waals surface area contributed by atoms with Crippen LogP contribution in [0.1, 0.15) is 33.6 Å². The molecule has 0 aromatic rings. The van der Waals surface area contributed by atoms with Crippen molar-refractivity contribution in [3.05, 3.63) is 0 Å². The molecular weight excluding hydrogens is 124 g/mol. The molecule has 60 valence electrons. The lowest BCUT2D eigenvalue weighted by atomic mass is 9.72. The van der Waals surface area contributed by atoms with Gasteiger partial charge < -0.3 is 4.74 Å². The van der Waals surface area contributed by atoms with Crippen molar-refractivity contribution >= 4 is 0 Å². The van der Waals surface area contributed by atoms with Crippen LogP contribution >= 0.6 is 0 Å². The maximum atomic E-state index is 5.25. The molecule has 0 aliphatic carbocycles. The highest BCUT2D eigenvalue weighted by molar-refractivity contribution is 4.87. The Hall–Kier alpha value is -0.0400. The maximum Gasteiger partial charge on any atom is 0.0547 e. The van der Waals surface area contributed by atoms with Gasteiger partial charge in [-0.2, -0.15) is 0 Å². The maximum absolute atomic E-state index is 5.25. The molecule has 0 unspecified atom stereocenters. The Balaban J connectivity index is 2.42. The second-order valence-corrected chi connectivity index (χ2v) is 3.76. The molecule has 1 saturated heterocycles. The minimum absolute atomic E-state index is 0.550. The summed E-state index contributed by atoms with van der Waals surface area (Å²) >= 11 is 0. The summed E-state index contributed by atoms with van der Waals surface area (Å²) in [6.45, 7) is 8.86. The summed E-state index contributed by atoms with van der Waals surface area (Å²) in [6, 6.07) is 0. The van der Waals surface area contributed by atoms with Gasteiger partial charge in [0.05, 0.1) is 13.2 Å². The highest BCUT2D eigenvalue weighted by atomic mass is 16.5. The molecule has 10 heavy (non-hydrogen) atoms. The zero-order valence-corrected chi connectivity index (χ0v) is 7.31. The van der Waals surface area contributed by atoms with Gasteiger partial charge in [0.25, 0.3) is 0 Å². The van der Waals surface area contributed by atoms with E-state index in [0.29, 0.717) is 5.41 Å². The van der Waals surface area contributed by atoms with Crippen LogP contribution in [0.5, 0.6) is 0 Å². The van der Waals surface area contributed by atoms with Crippen molar-refractivity contribution in [1.29, 1.82) is 0 Å². The smallest absolute Gasteiger partial charge is 0.0547 e. The van der Waals surface area contributed by atoms with E-state index < -0.39 is 0 Å². The summed E-state index contributed by atoms with van der Waals surface area (Å²) in [5.41, 5.74) is 0.550. The van der Waals surface area contributed by atoms with E-state index in [9.17, 15) is 0 Å². The van der Waals surface area contributed by atoms with Crippen molar-refractivity contribution in [3.63, 3.8) is 0 Å². The van der Waals surface area contributed by atoms with Gasteiger partial charge in [0.15, 0.2) is 0 Å². The van der Waals surface area contributed by atoms with Crippen LogP contribution in [-0.2, 0) is 4.74 Å². The van der Waals surface area contributed by atoms with Gasteiger partial charge in [-0.25, -0.2) is 0 Å². The molecule has 0 saturated carbocycles. The molecule has 1 fully saturated rings. The first-order valence-electron chi connectivity index (χ1n) is 4.29. The summed E-state index contributed by atoms with van der Waals surface area (Å²) in [7, 11) is 0. The molecule has 1 aliphatic heterocycles. The zero-order chi connectivity index (χ0) is 7.61. The molecule has 0 bridgehead atoms. The van der Waals surface area contributed by atoms with Gasteiger partial charge in [-0.3, -0.25) is 0 Å². The van der Waals surface area contributed by atoms with Crippen LogP contribution < -0.4 is 0 Å². The topological polar surface area (TPSA) is 9.23 Å². The Morgan fingerprint density at radius 2 is 2.00 bits per heavy atom. The van der Waals surface area contributed by atoms with E-state index in [2.05, 4.69) is 20.8 Å². The predicted molar refractivity (Wildman–Crippen MR) is 43.0 cm³/mol. The van der Waals surface area contributed by atoms with Gasteiger partial charge >= 0.3 is 0 Å². The molecule has 1 heterocycles. The third-order valence-corrected chi connectivity index (χ3v) is 2.75. The van der Waals surface area contributed by atoms with E-state index in [4.69, 9.17) is 4.74 Å². The first-order valence-corrected chi connectivity index (χ1v) is 4.29. The Labute approximate surface area is 63.8 Å². The molecule has 0 radical (unpaired) electrons. The van der Waals surface area contributed by atoms with Gasteiger partial charge in [-0.15, -0.1) is 0 Å². The third kappa shape index (κ3) is 1.20. The van der Waals surface area contributed by atoms with Gasteiger partial charge in [0.1, 0.15) is 0 Å². The van der Waals surface area contributed by atoms with Crippen molar-refractivity contribution in [1.82, 2.24) is 0 Å². The monoisotopic (exact) mass is 142 g/mol. The fourth-order valence-corrected chi connectivity index (χ4v) is 1.63. The number of hydrogen-bond donors (Lipinski definition) is 0. The lowest BCUT2D eigenvalue weighted by Crippen LogP contribution is -2.46. The minimum Gasteiger partial charge on any atom is -0.380 e. The zero-order valence-electron chi connectivity index (χ0n) is 7.31. The highest BCUT2D eigenvalue weighted by Gasteiger charge is 2.40. The van der Waals surface area contributed by atoms with Crippen LogP contribution in [0.2, 0.25) is 0 Å². The van der Waals surface area contributed by atoms with Crippen LogP contribution in [0.4, 0.5) is 0 Å². The predicted octanol–water partition coefficient (Wildman–Crippen LogP) is 2.46. The molecular formula is C9H18O. The molecule has 1 aliphatic rings. The summed E-state index contributed by atoms with van der Waals surface area (Å²) < 4.78 is 5.25. The first-order chi connectivity index (χ1) is 4.71. The van der Waals surface area contributed by atoms with E-state index in [-0.39, 0.29) is 0 Å². The van der Waals surface area contributed by atoms with Crippen LogP contribution in [0, 0.1) is 11.3 Å². The van der Waals surface area contributed by atoms with Crippen LogP contribution in [0.3, 0.4) is 0 Å². The summed E-state index contributed by atoms with van der Waals surface area (Å²) in [5.74, 6) is 0.793. The van der Waals surface area contributed by atoms with E-state index in [1.54, 1.807) is 0 Å². The van der Waals surface area contributed by atoms with Crippen molar-refractivity contribution in [3.8, 4) is 0 Å². The average molecular weight is 142 g/mol. The molecule has 0 spiro atoms. The Morgan fingerprint density at radius 1 is 1.40 bits per heavy atom. The van der Waals surface area contributed by atoms with Gasteiger partial charge in [0, 0.05) is 5.41 Å². The lowest BCUT2D eigenvalue weighted by Gasteiger charge is -2.45. The molecule has 0 atom stereocenters. The Kier molecular flexibility index (Phi) is 2.35. The van der Waals surface area contributed by atoms with E-state index in [0.717, 1.165) is 19.1 Å². The summed E-state index contributed by atoms with van der Waals surface area (Å²) in [4.78, 5) is 0. The Morgan fingerprint density at radius 3 is 2.10 bits per heavy atom. The van der Waals surface area contributed by atoms with Gasteiger partial charge in [0.2, 0.25) is 0 Å². The van der Waals surface area contributed by atoms with Crippen molar-refractivity contribution in [2.45, 2.75) is 33.6 Å². The van der Waals surface area contributed by atoms with Gasteiger partial charge in [-0.1, -0.05) is 27.2 Å². The van der Waals surface area contributed by atoms with E-state index >= 15 is 0 Å². The first kappa shape index (κ1) is 8.06. The molecule has 1 heteroatoms. The van der Waals surface area contributed by atoms with Crippen molar-refractivity contribution in [2.75, 3.05) is 13.2 Å².